The topological polar surface area (TPSA) is 55.1 Å². The molecule has 0 aromatic carbocycles. The monoisotopic (exact) mass is 280 g/mol. The second kappa shape index (κ2) is 6.05. The minimum atomic E-state index is -0.474. The zero-order valence-corrected chi connectivity index (χ0v) is 13.5. The zero-order chi connectivity index (χ0) is 14.8. The van der Waals surface area contributed by atoms with Crippen LogP contribution in [0.4, 0.5) is 0 Å². The van der Waals surface area contributed by atoms with Gasteiger partial charge < -0.3 is 11.1 Å². The van der Waals surface area contributed by atoms with Crippen LogP contribution in [0.15, 0.2) is 0 Å². The summed E-state index contributed by atoms with van der Waals surface area (Å²) < 4.78 is 0. The standard InChI is InChI=1S/C17H32N2O/c1-16(2,3)14-11-7-8-12-17(14,15(18)20)19-13-9-5-4-6-10-13/h13-14,19H,4-12H2,1-3H3,(H2,18,20). The summed E-state index contributed by atoms with van der Waals surface area (Å²) >= 11 is 0. The van der Waals surface area contributed by atoms with Crippen LogP contribution in [0.5, 0.6) is 0 Å². The first-order chi connectivity index (χ1) is 9.36. The van der Waals surface area contributed by atoms with Crippen molar-refractivity contribution < 1.29 is 4.79 Å². The van der Waals surface area contributed by atoms with Gasteiger partial charge in [-0.05, 0) is 37.0 Å². The number of nitrogens with two attached hydrogens (primary N) is 1. The lowest BCUT2D eigenvalue weighted by molar-refractivity contribution is -0.132. The molecule has 2 aliphatic carbocycles. The number of rotatable bonds is 3. The van der Waals surface area contributed by atoms with Crippen molar-refractivity contribution in [3.63, 3.8) is 0 Å². The molecule has 2 atom stereocenters. The zero-order valence-electron chi connectivity index (χ0n) is 13.5. The number of carbonyl (C=O) groups excluding carboxylic acids is 1. The summed E-state index contributed by atoms with van der Waals surface area (Å²) in [5.74, 6) is 0.228. The molecule has 2 rings (SSSR count). The Morgan fingerprint density at radius 3 is 2.20 bits per heavy atom. The van der Waals surface area contributed by atoms with E-state index < -0.39 is 5.54 Å². The summed E-state index contributed by atoms with van der Waals surface area (Å²) in [5.41, 5.74) is 5.55. The highest BCUT2D eigenvalue weighted by Gasteiger charge is 2.50. The maximum atomic E-state index is 12.4. The molecule has 0 radical (unpaired) electrons. The van der Waals surface area contributed by atoms with Crippen LogP contribution in [0, 0.1) is 11.3 Å². The van der Waals surface area contributed by atoms with E-state index in [1.54, 1.807) is 0 Å². The molecule has 2 saturated carbocycles. The fraction of sp³-hybridized carbons (Fsp3) is 0.941. The number of carbonyl (C=O) groups is 1. The highest BCUT2D eigenvalue weighted by Crippen LogP contribution is 2.45. The Labute approximate surface area is 124 Å². The van der Waals surface area contributed by atoms with Crippen LogP contribution in [0.3, 0.4) is 0 Å². The van der Waals surface area contributed by atoms with Crippen LogP contribution in [-0.2, 0) is 4.79 Å². The van der Waals surface area contributed by atoms with Crippen LogP contribution >= 0.6 is 0 Å². The minimum absolute atomic E-state index is 0.122. The van der Waals surface area contributed by atoms with Crippen molar-refractivity contribution in [3.8, 4) is 0 Å². The molecule has 0 aromatic rings. The third-order valence-electron chi connectivity index (χ3n) is 5.46. The first-order valence-electron chi connectivity index (χ1n) is 8.44. The van der Waals surface area contributed by atoms with Gasteiger partial charge in [-0.2, -0.15) is 0 Å². The molecule has 20 heavy (non-hydrogen) atoms. The fourth-order valence-electron chi connectivity index (χ4n) is 4.50. The van der Waals surface area contributed by atoms with Crippen molar-refractivity contribution in [1.82, 2.24) is 5.32 Å². The molecule has 0 heterocycles. The molecule has 0 aromatic heterocycles. The second-order valence-corrected chi connectivity index (χ2v) is 7.98. The van der Waals surface area contributed by atoms with Gasteiger partial charge in [-0.3, -0.25) is 4.79 Å². The molecule has 3 heteroatoms. The van der Waals surface area contributed by atoms with E-state index in [4.69, 9.17) is 5.73 Å². The lowest BCUT2D eigenvalue weighted by Crippen LogP contribution is -2.66. The molecular weight excluding hydrogens is 248 g/mol. The fourth-order valence-corrected chi connectivity index (χ4v) is 4.50. The summed E-state index contributed by atoms with van der Waals surface area (Å²) in [6.07, 6.45) is 10.7. The average molecular weight is 280 g/mol. The van der Waals surface area contributed by atoms with Gasteiger partial charge in [0.2, 0.25) is 5.91 Å². The molecule has 116 valence electrons. The lowest BCUT2D eigenvalue weighted by atomic mass is 9.61. The van der Waals surface area contributed by atoms with E-state index in [0.29, 0.717) is 12.0 Å². The Morgan fingerprint density at radius 1 is 1.05 bits per heavy atom. The summed E-state index contributed by atoms with van der Waals surface area (Å²) in [6, 6.07) is 0.485. The Hall–Kier alpha value is -0.570. The number of amides is 1. The van der Waals surface area contributed by atoms with Crippen molar-refractivity contribution in [2.45, 2.75) is 90.1 Å². The predicted molar refractivity (Wildman–Crippen MR) is 83.3 cm³/mol. The molecule has 3 nitrogen and oxygen atoms in total. The SMILES string of the molecule is CC(C)(C)C1CCCCC1(NC1CCCCC1)C(N)=O. The van der Waals surface area contributed by atoms with Gasteiger partial charge >= 0.3 is 0 Å². The van der Waals surface area contributed by atoms with Gasteiger partial charge in [0, 0.05) is 6.04 Å². The number of primary amides is 1. The maximum absolute atomic E-state index is 12.4. The molecule has 0 saturated heterocycles. The van der Waals surface area contributed by atoms with E-state index in [2.05, 4.69) is 26.1 Å². The summed E-state index contributed by atoms with van der Waals surface area (Å²) in [5, 5.41) is 3.75. The predicted octanol–water partition coefficient (Wildman–Crippen LogP) is 3.37. The normalized spacial score (nSPS) is 33.0. The molecule has 3 N–H and O–H groups in total. The van der Waals surface area contributed by atoms with Crippen LogP contribution in [-0.4, -0.2) is 17.5 Å². The highest BCUT2D eigenvalue weighted by molar-refractivity contribution is 5.85. The van der Waals surface area contributed by atoms with Gasteiger partial charge in [-0.25, -0.2) is 0 Å². The van der Waals surface area contributed by atoms with E-state index >= 15 is 0 Å². The quantitative estimate of drug-likeness (QED) is 0.833. The Bertz CT molecular complexity index is 341. The van der Waals surface area contributed by atoms with Gasteiger partial charge in [0.05, 0.1) is 0 Å². The Kier molecular flexibility index (Phi) is 4.78. The molecule has 1 amide bonds. The molecule has 2 unspecified atom stereocenters. The van der Waals surface area contributed by atoms with Gasteiger partial charge in [0.25, 0.3) is 0 Å². The lowest BCUT2D eigenvalue weighted by Gasteiger charge is -2.50. The smallest absolute Gasteiger partial charge is 0.238 e. The Morgan fingerprint density at radius 2 is 1.65 bits per heavy atom. The highest BCUT2D eigenvalue weighted by atomic mass is 16.1. The summed E-state index contributed by atoms with van der Waals surface area (Å²) in [7, 11) is 0. The van der Waals surface area contributed by atoms with E-state index in [-0.39, 0.29) is 11.3 Å². The minimum Gasteiger partial charge on any atom is -0.368 e. The van der Waals surface area contributed by atoms with E-state index in [1.807, 2.05) is 0 Å². The maximum Gasteiger partial charge on any atom is 0.238 e. The van der Waals surface area contributed by atoms with Crippen LogP contribution in [0.1, 0.15) is 78.6 Å². The molecule has 0 aliphatic heterocycles. The first-order valence-corrected chi connectivity index (χ1v) is 8.44. The second-order valence-electron chi connectivity index (χ2n) is 7.98. The van der Waals surface area contributed by atoms with Crippen molar-refractivity contribution in [1.29, 1.82) is 0 Å². The van der Waals surface area contributed by atoms with Gasteiger partial charge in [-0.1, -0.05) is 52.9 Å². The van der Waals surface area contributed by atoms with Crippen molar-refractivity contribution in [2.24, 2.45) is 17.1 Å². The van der Waals surface area contributed by atoms with Crippen molar-refractivity contribution in [2.75, 3.05) is 0 Å². The third kappa shape index (κ3) is 3.19. The van der Waals surface area contributed by atoms with Crippen molar-refractivity contribution in [3.05, 3.63) is 0 Å². The van der Waals surface area contributed by atoms with Gasteiger partial charge in [0.15, 0.2) is 0 Å². The molecule has 2 fully saturated rings. The molecule has 0 bridgehead atoms. The summed E-state index contributed by atoms with van der Waals surface area (Å²) in [4.78, 5) is 12.4. The molecule has 2 aliphatic rings. The van der Waals surface area contributed by atoms with E-state index in [0.717, 1.165) is 19.3 Å². The molecule has 0 spiro atoms. The van der Waals surface area contributed by atoms with Gasteiger partial charge in [-0.15, -0.1) is 0 Å². The molecular formula is C17H32N2O. The number of hydrogen-bond donors (Lipinski definition) is 2. The summed E-state index contributed by atoms with van der Waals surface area (Å²) in [6.45, 7) is 6.76. The number of hydrogen-bond acceptors (Lipinski definition) is 2. The van der Waals surface area contributed by atoms with Crippen LogP contribution in [0.25, 0.3) is 0 Å². The average Bonchev–Trinajstić information content (AvgIpc) is 2.39. The van der Waals surface area contributed by atoms with Crippen LogP contribution in [0.2, 0.25) is 0 Å². The third-order valence-corrected chi connectivity index (χ3v) is 5.46. The largest absolute Gasteiger partial charge is 0.368 e. The Balaban J connectivity index is 2.23. The van der Waals surface area contributed by atoms with Crippen LogP contribution < -0.4 is 11.1 Å². The first kappa shape index (κ1) is 15.8. The van der Waals surface area contributed by atoms with Gasteiger partial charge in [0.1, 0.15) is 5.54 Å². The van der Waals surface area contributed by atoms with E-state index in [9.17, 15) is 4.79 Å². The van der Waals surface area contributed by atoms with E-state index in [1.165, 1.54) is 38.5 Å². The number of nitrogens with one attached hydrogen (secondary N) is 1. The van der Waals surface area contributed by atoms with Crippen molar-refractivity contribution >= 4 is 5.91 Å².